The molecule has 0 unspecified atom stereocenters. The predicted molar refractivity (Wildman–Crippen MR) is 97.3 cm³/mol. The van der Waals surface area contributed by atoms with E-state index in [1.54, 1.807) is 23.1 Å². The molecule has 6 heteroatoms. The molecule has 1 amide bonds. The average molecular weight is 371 g/mol. The van der Waals surface area contributed by atoms with Crippen LogP contribution < -0.4 is 5.73 Å². The van der Waals surface area contributed by atoms with Crippen molar-refractivity contribution >= 4 is 34.9 Å². The van der Waals surface area contributed by atoms with Gasteiger partial charge in [0.15, 0.2) is 5.78 Å². The number of carbonyl (C=O) groups is 2. The van der Waals surface area contributed by atoms with Crippen LogP contribution in [0.25, 0.3) is 0 Å². The summed E-state index contributed by atoms with van der Waals surface area (Å²) in [6.45, 7) is 4.64. The van der Waals surface area contributed by atoms with Gasteiger partial charge < -0.3 is 10.6 Å². The lowest BCUT2D eigenvalue weighted by Crippen LogP contribution is -2.49. The molecule has 1 aliphatic heterocycles. The minimum absolute atomic E-state index is 0.0123. The molecule has 0 spiro atoms. The summed E-state index contributed by atoms with van der Waals surface area (Å²) in [5, 5.41) is 1.06. The maximum absolute atomic E-state index is 12.7. The zero-order chi connectivity index (χ0) is 17.9. The molecule has 1 fully saturated rings. The van der Waals surface area contributed by atoms with Crippen molar-refractivity contribution in [1.82, 2.24) is 4.90 Å². The maximum atomic E-state index is 12.7. The molecule has 2 atom stereocenters. The minimum Gasteiger partial charge on any atom is -0.331 e. The molecule has 132 valence electrons. The SMILES string of the molecule is CC(C)C[C@H](N)C(=O)N1CCC[C@H]1C(=O)Cc1cc(Cl)ccc1Cl. The highest BCUT2D eigenvalue weighted by molar-refractivity contribution is 6.33. The molecule has 1 aromatic rings. The molecule has 1 aliphatic rings. The Morgan fingerprint density at radius 3 is 2.71 bits per heavy atom. The van der Waals surface area contributed by atoms with Crippen LogP contribution in [-0.2, 0) is 16.0 Å². The second-order valence-corrected chi connectivity index (χ2v) is 7.65. The van der Waals surface area contributed by atoms with Crippen LogP contribution in [0.15, 0.2) is 18.2 Å². The Morgan fingerprint density at radius 1 is 1.33 bits per heavy atom. The fraction of sp³-hybridized carbons (Fsp3) is 0.556. The first-order valence-electron chi connectivity index (χ1n) is 8.32. The Kier molecular flexibility index (Phi) is 6.67. The highest BCUT2D eigenvalue weighted by atomic mass is 35.5. The number of hydrogen-bond acceptors (Lipinski definition) is 3. The Labute approximate surface area is 153 Å². The van der Waals surface area contributed by atoms with Gasteiger partial charge in [0, 0.05) is 23.0 Å². The van der Waals surface area contributed by atoms with E-state index in [-0.39, 0.29) is 18.1 Å². The van der Waals surface area contributed by atoms with E-state index in [4.69, 9.17) is 28.9 Å². The van der Waals surface area contributed by atoms with Crippen molar-refractivity contribution in [2.75, 3.05) is 6.54 Å². The van der Waals surface area contributed by atoms with Crippen molar-refractivity contribution in [2.24, 2.45) is 11.7 Å². The monoisotopic (exact) mass is 370 g/mol. The van der Waals surface area contributed by atoms with Crippen LogP contribution in [0.1, 0.15) is 38.7 Å². The number of nitrogens with zero attached hydrogens (tertiary/aromatic N) is 1. The van der Waals surface area contributed by atoms with Crippen molar-refractivity contribution in [3.8, 4) is 0 Å². The summed E-state index contributed by atoms with van der Waals surface area (Å²) in [6.07, 6.45) is 2.29. The molecular formula is C18H24Cl2N2O2. The van der Waals surface area contributed by atoms with Gasteiger partial charge in [0.2, 0.25) is 5.91 Å². The Hall–Kier alpha value is -1.10. The standard InChI is InChI=1S/C18H24Cl2N2O2/c1-11(2)8-15(21)18(24)22-7-3-4-16(22)17(23)10-12-9-13(19)5-6-14(12)20/h5-6,9,11,15-16H,3-4,7-8,10,21H2,1-2H3/t15-,16-/m0/s1. The normalized spacial score (nSPS) is 18.9. The number of nitrogens with two attached hydrogens (primary N) is 1. The predicted octanol–water partition coefficient (Wildman–Crippen LogP) is 3.47. The number of Topliss-reactive ketones (excluding diaryl/α,β-unsaturated/α-hetero) is 1. The van der Waals surface area contributed by atoms with E-state index in [0.29, 0.717) is 40.9 Å². The van der Waals surface area contributed by atoms with E-state index in [1.807, 2.05) is 13.8 Å². The van der Waals surface area contributed by atoms with Gasteiger partial charge in [-0.3, -0.25) is 9.59 Å². The molecule has 0 radical (unpaired) electrons. The zero-order valence-electron chi connectivity index (χ0n) is 14.1. The molecule has 1 heterocycles. The highest BCUT2D eigenvalue weighted by Crippen LogP contribution is 2.25. The van der Waals surface area contributed by atoms with Gasteiger partial charge in [0.05, 0.1) is 12.1 Å². The summed E-state index contributed by atoms with van der Waals surface area (Å²) in [7, 11) is 0. The smallest absolute Gasteiger partial charge is 0.240 e. The number of ketones is 1. The quantitative estimate of drug-likeness (QED) is 0.833. The van der Waals surface area contributed by atoms with Crippen molar-refractivity contribution in [1.29, 1.82) is 0 Å². The first-order valence-corrected chi connectivity index (χ1v) is 9.08. The van der Waals surface area contributed by atoms with Gasteiger partial charge in [-0.15, -0.1) is 0 Å². The van der Waals surface area contributed by atoms with E-state index in [2.05, 4.69) is 0 Å². The molecule has 24 heavy (non-hydrogen) atoms. The lowest BCUT2D eigenvalue weighted by atomic mass is 10.00. The first-order chi connectivity index (χ1) is 11.3. The lowest BCUT2D eigenvalue weighted by Gasteiger charge is -2.27. The number of amides is 1. The topological polar surface area (TPSA) is 63.4 Å². The maximum Gasteiger partial charge on any atom is 0.240 e. The van der Waals surface area contributed by atoms with Crippen LogP contribution >= 0.6 is 23.2 Å². The largest absolute Gasteiger partial charge is 0.331 e. The third kappa shape index (κ3) is 4.71. The fourth-order valence-corrected chi connectivity index (χ4v) is 3.55. The van der Waals surface area contributed by atoms with Crippen LogP contribution in [0.5, 0.6) is 0 Å². The molecule has 0 bridgehead atoms. The fourth-order valence-electron chi connectivity index (χ4n) is 3.17. The number of likely N-dealkylation sites (tertiary alicyclic amines) is 1. The van der Waals surface area contributed by atoms with Crippen molar-refractivity contribution in [3.63, 3.8) is 0 Å². The second kappa shape index (κ2) is 8.32. The van der Waals surface area contributed by atoms with Crippen LogP contribution in [-0.4, -0.2) is 35.2 Å². The van der Waals surface area contributed by atoms with Gasteiger partial charge >= 0.3 is 0 Å². The van der Waals surface area contributed by atoms with Gasteiger partial charge in [0.1, 0.15) is 0 Å². The van der Waals surface area contributed by atoms with E-state index < -0.39 is 12.1 Å². The molecule has 4 nitrogen and oxygen atoms in total. The van der Waals surface area contributed by atoms with Crippen LogP contribution in [0.3, 0.4) is 0 Å². The zero-order valence-corrected chi connectivity index (χ0v) is 15.6. The van der Waals surface area contributed by atoms with E-state index in [9.17, 15) is 9.59 Å². The van der Waals surface area contributed by atoms with Gasteiger partial charge in [-0.2, -0.15) is 0 Å². The first kappa shape index (κ1) is 19.2. The number of benzene rings is 1. The van der Waals surface area contributed by atoms with Crippen molar-refractivity contribution < 1.29 is 9.59 Å². The van der Waals surface area contributed by atoms with Gasteiger partial charge in [-0.25, -0.2) is 0 Å². The van der Waals surface area contributed by atoms with E-state index in [0.717, 1.165) is 6.42 Å². The molecule has 0 aliphatic carbocycles. The minimum atomic E-state index is -0.548. The number of carbonyl (C=O) groups excluding carboxylic acids is 2. The number of halogens is 2. The van der Waals surface area contributed by atoms with Crippen molar-refractivity contribution in [3.05, 3.63) is 33.8 Å². The van der Waals surface area contributed by atoms with Crippen LogP contribution in [0, 0.1) is 5.92 Å². The third-order valence-corrected chi connectivity index (χ3v) is 4.93. The van der Waals surface area contributed by atoms with Crippen LogP contribution in [0.4, 0.5) is 0 Å². The molecule has 2 rings (SSSR count). The van der Waals surface area contributed by atoms with E-state index in [1.165, 1.54) is 0 Å². The molecular weight excluding hydrogens is 347 g/mol. The van der Waals surface area contributed by atoms with E-state index >= 15 is 0 Å². The number of hydrogen-bond donors (Lipinski definition) is 1. The Morgan fingerprint density at radius 2 is 2.04 bits per heavy atom. The summed E-state index contributed by atoms with van der Waals surface area (Å²) < 4.78 is 0. The summed E-state index contributed by atoms with van der Waals surface area (Å²) in [4.78, 5) is 26.9. The van der Waals surface area contributed by atoms with Crippen molar-refractivity contribution in [2.45, 2.75) is 51.6 Å². The second-order valence-electron chi connectivity index (χ2n) is 6.80. The molecule has 2 N–H and O–H groups in total. The highest BCUT2D eigenvalue weighted by Gasteiger charge is 2.36. The summed E-state index contributed by atoms with van der Waals surface area (Å²) >= 11 is 12.1. The third-order valence-electron chi connectivity index (χ3n) is 4.32. The van der Waals surface area contributed by atoms with Gasteiger partial charge in [0.25, 0.3) is 0 Å². The molecule has 1 aromatic carbocycles. The van der Waals surface area contributed by atoms with Crippen LogP contribution in [0.2, 0.25) is 10.0 Å². The molecule has 1 saturated heterocycles. The Balaban J connectivity index is 2.08. The summed E-state index contributed by atoms with van der Waals surface area (Å²) in [5.41, 5.74) is 6.71. The summed E-state index contributed by atoms with van der Waals surface area (Å²) in [6, 6.07) is 4.11. The average Bonchev–Trinajstić information content (AvgIpc) is 2.99. The Bertz CT molecular complexity index is 619. The molecule has 0 aromatic heterocycles. The molecule has 0 saturated carbocycles. The van der Waals surface area contributed by atoms with Gasteiger partial charge in [-0.05, 0) is 48.9 Å². The lowest BCUT2D eigenvalue weighted by molar-refractivity contribution is -0.138. The number of rotatable bonds is 6. The van der Waals surface area contributed by atoms with Gasteiger partial charge in [-0.1, -0.05) is 37.0 Å². The summed E-state index contributed by atoms with van der Waals surface area (Å²) in [5.74, 6) is 0.199.